The van der Waals surface area contributed by atoms with E-state index >= 15 is 0 Å². The van der Waals surface area contributed by atoms with Crippen molar-refractivity contribution in [3.63, 3.8) is 0 Å². The summed E-state index contributed by atoms with van der Waals surface area (Å²) in [6.07, 6.45) is 3.49. The molecule has 0 atom stereocenters. The van der Waals surface area contributed by atoms with Crippen molar-refractivity contribution in [3.05, 3.63) is 48.2 Å². The van der Waals surface area contributed by atoms with Crippen molar-refractivity contribution in [3.8, 4) is 0 Å². The number of carbonyl (C=O) groups is 1. The van der Waals surface area contributed by atoms with Gasteiger partial charge in [0.1, 0.15) is 5.82 Å². The fraction of sp³-hybridized carbons (Fsp3) is 0.389. The minimum atomic E-state index is 0.108. The van der Waals surface area contributed by atoms with E-state index in [1.165, 1.54) is 0 Å². The van der Waals surface area contributed by atoms with Crippen molar-refractivity contribution in [2.45, 2.75) is 18.9 Å². The van der Waals surface area contributed by atoms with Crippen LogP contribution in [0, 0.1) is 0 Å². The van der Waals surface area contributed by atoms with Crippen LogP contribution in [-0.2, 0) is 0 Å². The highest BCUT2D eigenvalue weighted by Crippen LogP contribution is 2.19. The van der Waals surface area contributed by atoms with Crippen LogP contribution in [-0.4, -0.2) is 54.2 Å². The molecule has 1 aromatic carbocycles. The molecule has 0 aliphatic carbocycles. The maximum Gasteiger partial charge on any atom is 0.253 e. The summed E-state index contributed by atoms with van der Waals surface area (Å²) in [5.74, 6) is 0.901. The number of anilines is 2. The van der Waals surface area contributed by atoms with Crippen LogP contribution in [0.2, 0.25) is 0 Å². The normalized spacial score (nSPS) is 15.2. The highest BCUT2D eigenvalue weighted by Gasteiger charge is 2.24. The molecule has 0 unspecified atom stereocenters. The van der Waals surface area contributed by atoms with Crippen molar-refractivity contribution in [1.29, 1.82) is 0 Å². The van der Waals surface area contributed by atoms with Gasteiger partial charge in [-0.25, -0.2) is 0 Å². The lowest BCUT2D eigenvalue weighted by molar-refractivity contribution is 0.0718. The highest BCUT2D eigenvalue weighted by atomic mass is 16.2. The molecule has 1 saturated heterocycles. The van der Waals surface area contributed by atoms with Crippen LogP contribution in [0.15, 0.2) is 42.6 Å². The third-order valence-corrected chi connectivity index (χ3v) is 4.32. The minimum Gasteiger partial charge on any atom is -0.378 e. The Balaban J connectivity index is 1.58. The van der Waals surface area contributed by atoms with Gasteiger partial charge in [0, 0.05) is 50.7 Å². The number of rotatable bonds is 4. The Morgan fingerprint density at radius 3 is 2.67 bits per heavy atom. The molecule has 1 aliphatic rings. The van der Waals surface area contributed by atoms with E-state index in [-0.39, 0.29) is 5.91 Å². The molecular formula is C18H23N5O. The molecule has 1 fully saturated rings. The van der Waals surface area contributed by atoms with Crippen LogP contribution < -0.4 is 10.2 Å². The Labute approximate surface area is 142 Å². The molecule has 3 rings (SSSR count). The van der Waals surface area contributed by atoms with Gasteiger partial charge >= 0.3 is 0 Å². The largest absolute Gasteiger partial charge is 0.378 e. The number of hydrogen-bond donors (Lipinski definition) is 1. The van der Waals surface area contributed by atoms with Gasteiger partial charge in [0.15, 0.2) is 0 Å². The van der Waals surface area contributed by atoms with Gasteiger partial charge in [-0.05, 0) is 43.2 Å². The second-order valence-electron chi connectivity index (χ2n) is 6.26. The number of carbonyl (C=O) groups excluding carboxylic acids is 1. The van der Waals surface area contributed by atoms with Gasteiger partial charge < -0.3 is 15.1 Å². The first-order chi connectivity index (χ1) is 11.6. The lowest BCUT2D eigenvalue weighted by Gasteiger charge is -2.32. The predicted octanol–water partition coefficient (Wildman–Crippen LogP) is 2.26. The van der Waals surface area contributed by atoms with E-state index in [4.69, 9.17) is 0 Å². The average molecular weight is 325 g/mol. The number of piperidine rings is 1. The molecule has 1 amide bonds. The molecule has 1 aliphatic heterocycles. The lowest BCUT2D eigenvalue weighted by Crippen LogP contribution is -2.42. The van der Waals surface area contributed by atoms with Gasteiger partial charge in [0.05, 0.1) is 0 Å². The molecule has 126 valence electrons. The third-order valence-electron chi connectivity index (χ3n) is 4.32. The van der Waals surface area contributed by atoms with Crippen molar-refractivity contribution < 1.29 is 4.79 Å². The summed E-state index contributed by atoms with van der Waals surface area (Å²) in [5, 5.41) is 11.3. The Morgan fingerprint density at radius 2 is 2.00 bits per heavy atom. The maximum absolute atomic E-state index is 12.7. The van der Waals surface area contributed by atoms with E-state index in [0.717, 1.165) is 43.0 Å². The highest BCUT2D eigenvalue weighted by molar-refractivity contribution is 5.95. The second kappa shape index (κ2) is 7.29. The van der Waals surface area contributed by atoms with Crippen LogP contribution in [0.4, 0.5) is 11.5 Å². The Kier molecular flexibility index (Phi) is 4.93. The summed E-state index contributed by atoms with van der Waals surface area (Å²) < 4.78 is 0. The van der Waals surface area contributed by atoms with E-state index in [2.05, 4.69) is 15.5 Å². The smallest absolute Gasteiger partial charge is 0.253 e. The number of nitrogens with zero attached hydrogens (tertiary/aromatic N) is 4. The number of aromatic nitrogens is 2. The van der Waals surface area contributed by atoms with Crippen molar-refractivity contribution in [1.82, 2.24) is 15.1 Å². The third kappa shape index (κ3) is 3.82. The lowest BCUT2D eigenvalue weighted by atomic mass is 10.0. The second-order valence-corrected chi connectivity index (χ2v) is 6.26. The average Bonchev–Trinajstić information content (AvgIpc) is 2.63. The molecule has 6 nitrogen and oxygen atoms in total. The maximum atomic E-state index is 12.7. The SMILES string of the molecule is CN(C)c1cccc(C(=O)N2CCC(Nc3cccnn3)CC2)c1. The molecule has 0 radical (unpaired) electrons. The molecule has 0 bridgehead atoms. The molecule has 1 aromatic heterocycles. The fourth-order valence-corrected chi connectivity index (χ4v) is 2.91. The molecule has 2 aromatic rings. The van der Waals surface area contributed by atoms with E-state index in [1.54, 1.807) is 6.20 Å². The number of likely N-dealkylation sites (tertiary alicyclic amines) is 1. The molecule has 1 N–H and O–H groups in total. The first-order valence-electron chi connectivity index (χ1n) is 8.24. The van der Waals surface area contributed by atoms with E-state index in [1.807, 2.05) is 60.3 Å². The van der Waals surface area contributed by atoms with Crippen molar-refractivity contribution in [2.75, 3.05) is 37.4 Å². The summed E-state index contributed by atoms with van der Waals surface area (Å²) in [4.78, 5) is 16.6. The van der Waals surface area contributed by atoms with Gasteiger partial charge in [-0.15, -0.1) is 5.10 Å². The quantitative estimate of drug-likeness (QED) is 0.934. The zero-order chi connectivity index (χ0) is 16.9. The molecule has 0 spiro atoms. The van der Waals surface area contributed by atoms with Crippen LogP contribution >= 0.6 is 0 Å². The monoisotopic (exact) mass is 325 g/mol. The zero-order valence-electron chi connectivity index (χ0n) is 14.1. The molecule has 6 heteroatoms. The molecule has 0 saturated carbocycles. The van der Waals surface area contributed by atoms with Crippen molar-refractivity contribution in [2.24, 2.45) is 0 Å². The van der Waals surface area contributed by atoms with Gasteiger partial charge in [-0.1, -0.05) is 6.07 Å². The first-order valence-corrected chi connectivity index (χ1v) is 8.24. The summed E-state index contributed by atoms with van der Waals surface area (Å²) in [6, 6.07) is 11.9. The summed E-state index contributed by atoms with van der Waals surface area (Å²) in [5.41, 5.74) is 1.79. The van der Waals surface area contributed by atoms with Crippen LogP contribution in [0.3, 0.4) is 0 Å². The van der Waals surface area contributed by atoms with E-state index in [9.17, 15) is 4.79 Å². The first kappa shape index (κ1) is 16.2. The Morgan fingerprint density at radius 1 is 1.21 bits per heavy atom. The Bertz CT molecular complexity index is 681. The molecular weight excluding hydrogens is 302 g/mol. The van der Waals surface area contributed by atoms with Gasteiger partial charge in [0.2, 0.25) is 0 Å². The fourth-order valence-electron chi connectivity index (χ4n) is 2.91. The van der Waals surface area contributed by atoms with Gasteiger partial charge in [-0.3, -0.25) is 4.79 Å². The number of hydrogen-bond acceptors (Lipinski definition) is 5. The minimum absolute atomic E-state index is 0.108. The summed E-state index contributed by atoms with van der Waals surface area (Å²) in [6.45, 7) is 1.51. The van der Waals surface area contributed by atoms with E-state index < -0.39 is 0 Å². The zero-order valence-corrected chi connectivity index (χ0v) is 14.1. The molecule has 24 heavy (non-hydrogen) atoms. The standard InChI is InChI=1S/C18H23N5O/c1-22(2)16-6-3-5-14(13-16)18(24)23-11-8-15(9-12-23)20-17-7-4-10-19-21-17/h3-7,10,13,15H,8-9,11-12H2,1-2H3,(H,20,21). The van der Waals surface area contributed by atoms with Crippen LogP contribution in [0.25, 0.3) is 0 Å². The van der Waals surface area contributed by atoms with Crippen molar-refractivity contribution >= 4 is 17.4 Å². The topological polar surface area (TPSA) is 61.4 Å². The van der Waals surface area contributed by atoms with Crippen LogP contribution in [0.1, 0.15) is 23.2 Å². The van der Waals surface area contributed by atoms with Gasteiger partial charge in [-0.2, -0.15) is 5.10 Å². The summed E-state index contributed by atoms with van der Waals surface area (Å²) in [7, 11) is 3.96. The van der Waals surface area contributed by atoms with Crippen LogP contribution in [0.5, 0.6) is 0 Å². The number of nitrogens with one attached hydrogen (secondary N) is 1. The Hall–Kier alpha value is -2.63. The van der Waals surface area contributed by atoms with Gasteiger partial charge in [0.25, 0.3) is 5.91 Å². The predicted molar refractivity (Wildman–Crippen MR) is 95.3 cm³/mol. The van der Waals surface area contributed by atoms with E-state index in [0.29, 0.717) is 6.04 Å². The number of benzene rings is 1. The number of amides is 1. The molecule has 2 heterocycles. The summed E-state index contributed by atoms with van der Waals surface area (Å²) >= 11 is 0.